The number of unbranched alkanes of at least 4 members (excludes halogenated alkanes) is 3. The van der Waals surface area contributed by atoms with E-state index in [4.69, 9.17) is 4.74 Å². The van der Waals surface area contributed by atoms with Crippen LogP contribution in [0.25, 0.3) is 10.9 Å². The number of aryl methyl sites for hydroxylation is 1. The Morgan fingerprint density at radius 2 is 1.83 bits per heavy atom. The highest BCUT2D eigenvalue weighted by Gasteiger charge is 2.39. The number of hydrogen-bond donors (Lipinski definition) is 1. The summed E-state index contributed by atoms with van der Waals surface area (Å²) in [5.74, 6) is 0.124. The molecule has 5 rings (SSSR count). The third-order valence-electron chi connectivity index (χ3n) is 6.89. The number of carbonyl (C=O) groups is 3. The summed E-state index contributed by atoms with van der Waals surface area (Å²) in [5.41, 5.74) is 3.82. The van der Waals surface area contributed by atoms with E-state index in [0.29, 0.717) is 25.1 Å². The SMILES string of the molecule is O=C1CCC(N2Cc3c(CCCCCCOc4ccnc5ccccc45)cccc3C2=O)C(=O)N1. The van der Waals surface area contributed by atoms with Gasteiger partial charge in [0.05, 0.1) is 12.1 Å². The van der Waals surface area contributed by atoms with Gasteiger partial charge >= 0.3 is 0 Å². The zero-order chi connectivity index (χ0) is 24.2. The molecular weight excluding hydrogens is 442 g/mol. The lowest BCUT2D eigenvalue weighted by molar-refractivity contribution is -0.136. The van der Waals surface area contributed by atoms with Crippen molar-refractivity contribution in [2.45, 2.75) is 57.5 Å². The van der Waals surface area contributed by atoms with Crippen LogP contribution >= 0.6 is 0 Å². The van der Waals surface area contributed by atoms with Crippen molar-refractivity contribution in [2.75, 3.05) is 6.61 Å². The average molecular weight is 472 g/mol. The van der Waals surface area contributed by atoms with Gasteiger partial charge in [0, 0.05) is 30.1 Å². The van der Waals surface area contributed by atoms with Crippen LogP contribution in [-0.4, -0.2) is 40.3 Å². The summed E-state index contributed by atoms with van der Waals surface area (Å²) < 4.78 is 6.00. The predicted octanol–water partition coefficient (Wildman–Crippen LogP) is 4.18. The van der Waals surface area contributed by atoms with Gasteiger partial charge < -0.3 is 9.64 Å². The van der Waals surface area contributed by atoms with Crippen LogP contribution in [0.4, 0.5) is 0 Å². The molecule has 1 N–H and O–H groups in total. The summed E-state index contributed by atoms with van der Waals surface area (Å²) in [5, 5.41) is 3.40. The number of amides is 3. The van der Waals surface area contributed by atoms with Gasteiger partial charge in [0.25, 0.3) is 5.91 Å². The lowest BCUT2D eigenvalue weighted by Gasteiger charge is -2.29. The average Bonchev–Trinajstić information content (AvgIpc) is 3.20. The second-order valence-electron chi connectivity index (χ2n) is 9.18. The van der Waals surface area contributed by atoms with Crippen molar-refractivity contribution in [3.63, 3.8) is 0 Å². The van der Waals surface area contributed by atoms with Crippen molar-refractivity contribution in [3.8, 4) is 5.75 Å². The molecule has 0 saturated carbocycles. The fourth-order valence-corrected chi connectivity index (χ4v) is 5.03. The molecule has 7 heteroatoms. The van der Waals surface area contributed by atoms with Gasteiger partial charge in [0.15, 0.2) is 0 Å². The number of carbonyl (C=O) groups excluding carboxylic acids is 3. The summed E-state index contributed by atoms with van der Waals surface area (Å²) in [6, 6.07) is 15.2. The van der Waals surface area contributed by atoms with Gasteiger partial charge in [-0.3, -0.25) is 24.7 Å². The Labute approximate surface area is 204 Å². The van der Waals surface area contributed by atoms with Crippen molar-refractivity contribution in [3.05, 3.63) is 71.4 Å². The Bertz CT molecular complexity index is 1270. The maximum atomic E-state index is 13.0. The summed E-state index contributed by atoms with van der Waals surface area (Å²) in [7, 11) is 0. The van der Waals surface area contributed by atoms with Crippen LogP contribution in [0.3, 0.4) is 0 Å². The summed E-state index contributed by atoms with van der Waals surface area (Å²) in [4.78, 5) is 42.7. The molecule has 7 nitrogen and oxygen atoms in total. The van der Waals surface area contributed by atoms with Gasteiger partial charge in [0.1, 0.15) is 11.8 Å². The van der Waals surface area contributed by atoms with Crippen molar-refractivity contribution >= 4 is 28.6 Å². The Morgan fingerprint density at radius 1 is 0.971 bits per heavy atom. The monoisotopic (exact) mass is 471 g/mol. The quantitative estimate of drug-likeness (QED) is 0.374. The van der Waals surface area contributed by atoms with E-state index < -0.39 is 6.04 Å². The number of hydrogen-bond acceptors (Lipinski definition) is 5. The molecule has 180 valence electrons. The van der Waals surface area contributed by atoms with E-state index in [9.17, 15) is 14.4 Å². The van der Waals surface area contributed by atoms with E-state index in [-0.39, 0.29) is 24.1 Å². The van der Waals surface area contributed by atoms with E-state index in [1.54, 1.807) is 11.1 Å². The molecule has 2 aliphatic rings. The molecule has 0 spiro atoms. The van der Waals surface area contributed by atoms with Gasteiger partial charge in [-0.2, -0.15) is 0 Å². The molecule has 2 aliphatic heterocycles. The number of aromatic nitrogens is 1. The van der Waals surface area contributed by atoms with Crippen LogP contribution in [0.5, 0.6) is 5.75 Å². The number of ether oxygens (including phenoxy) is 1. The standard InChI is InChI=1S/C28H29N3O4/c32-26-14-13-24(27(33)30-26)31-18-22-19(9-7-11-20(22)28(31)34)8-3-1-2-6-17-35-25-15-16-29-23-12-5-4-10-21(23)25/h4-5,7,9-12,15-16,24H,1-3,6,8,13-14,17-18H2,(H,30,32,33). The first-order valence-electron chi connectivity index (χ1n) is 12.3. The van der Waals surface area contributed by atoms with E-state index in [1.807, 2.05) is 42.5 Å². The fraction of sp³-hybridized carbons (Fsp3) is 0.357. The molecule has 0 bridgehead atoms. The van der Waals surface area contributed by atoms with Crippen LogP contribution < -0.4 is 10.1 Å². The van der Waals surface area contributed by atoms with E-state index >= 15 is 0 Å². The Kier molecular flexibility index (Phi) is 6.75. The number of piperidine rings is 1. The lowest BCUT2D eigenvalue weighted by atomic mass is 9.98. The third kappa shape index (κ3) is 4.90. The minimum absolute atomic E-state index is 0.114. The van der Waals surface area contributed by atoms with Gasteiger partial charge in [-0.1, -0.05) is 37.1 Å². The fourth-order valence-electron chi connectivity index (χ4n) is 5.03. The third-order valence-corrected chi connectivity index (χ3v) is 6.89. The van der Waals surface area contributed by atoms with Gasteiger partial charge in [-0.15, -0.1) is 0 Å². The number of fused-ring (bicyclic) bond motifs is 2. The Morgan fingerprint density at radius 3 is 2.71 bits per heavy atom. The lowest BCUT2D eigenvalue weighted by Crippen LogP contribution is -2.52. The maximum absolute atomic E-state index is 13.0. The van der Waals surface area contributed by atoms with Gasteiger partial charge in [-0.25, -0.2) is 0 Å². The Hall–Kier alpha value is -3.74. The van der Waals surface area contributed by atoms with E-state index in [0.717, 1.165) is 54.3 Å². The highest BCUT2D eigenvalue weighted by atomic mass is 16.5. The first kappa shape index (κ1) is 23.0. The van der Waals surface area contributed by atoms with Crippen molar-refractivity contribution in [2.24, 2.45) is 0 Å². The number of para-hydroxylation sites is 1. The number of pyridine rings is 1. The molecule has 1 aromatic heterocycles. The summed E-state index contributed by atoms with van der Waals surface area (Å²) in [6.45, 7) is 1.11. The number of nitrogens with zero attached hydrogens (tertiary/aromatic N) is 2. The van der Waals surface area contributed by atoms with Gasteiger partial charge in [0.2, 0.25) is 11.8 Å². The molecule has 0 aliphatic carbocycles. The molecule has 35 heavy (non-hydrogen) atoms. The van der Waals surface area contributed by atoms with Crippen molar-refractivity contribution < 1.29 is 19.1 Å². The first-order chi connectivity index (χ1) is 17.1. The van der Waals surface area contributed by atoms with Crippen molar-refractivity contribution in [1.82, 2.24) is 15.2 Å². The maximum Gasteiger partial charge on any atom is 0.255 e. The topological polar surface area (TPSA) is 88.6 Å². The number of benzene rings is 2. The van der Waals surface area contributed by atoms with Crippen LogP contribution in [0, 0.1) is 0 Å². The van der Waals surface area contributed by atoms with Crippen LogP contribution in [0.2, 0.25) is 0 Å². The van der Waals surface area contributed by atoms with Crippen LogP contribution in [0.1, 0.15) is 60.0 Å². The second-order valence-corrected chi connectivity index (χ2v) is 9.18. The minimum atomic E-state index is -0.571. The largest absolute Gasteiger partial charge is 0.493 e. The van der Waals surface area contributed by atoms with Crippen molar-refractivity contribution in [1.29, 1.82) is 0 Å². The number of nitrogens with one attached hydrogen (secondary N) is 1. The van der Waals surface area contributed by atoms with Crippen LogP contribution in [0.15, 0.2) is 54.7 Å². The highest BCUT2D eigenvalue weighted by Crippen LogP contribution is 2.30. The normalized spacial score (nSPS) is 17.5. The molecule has 1 saturated heterocycles. The second kappa shape index (κ2) is 10.3. The van der Waals surface area contributed by atoms with Gasteiger partial charge in [-0.05, 0) is 61.1 Å². The minimum Gasteiger partial charge on any atom is -0.493 e. The predicted molar refractivity (Wildman–Crippen MR) is 132 cm³/mol. The molecule has 1 atom stereocenters. The molecule has 0 radical (unpaired) electrons. The zero-order valence-corrected chi connectivity index (χ0v) is 19.7. The number of rotatable bonds is 9. The van der Waals surface area contributed by atoms with E-state index in [2.05, 4.69) is 16.4 Å². The molecule has 2 aromatic carbocycles. The summed E-state index contributed by atoms with van der Waals surface area (Å²) >= 11 is 0. The first-order valence-corrected chi connectivity index (χ1v) is 12.3. The molecular formula is C28H29N3O4. The smallest absolute Gasteiger partial charge is 0.255 e. The van der Waals surface area contributed by atoms with Crippen LogP contribution in [-0.2, 0) is 22.6 Å². The molecule has 1 fully saturated rings. The molecule has 1 unspecified atom stereocenters. The molecule has 3 heterocycles. The number of imide groups is 1. The zero-order valence-electron chi connectivity index (χ0n) is 19.7. The Balaban J connectivity index is 1.10. The van der Waals surface area contributed by atoms with E-state index in [1.165, 1.54) is 5.56 Å². The molecule has 3 aromatic rings. The summed E-state index contributed by atoms with van der Waals surface area (Å²) in [6.07, 6.45) is 7.49. The molecule has 3 amide bonds. The highest BCUT2D eigenvalue weighted by molar-refractivity contribution is 6.05.